The van der Waals surface area contributed by atoms with E-state index in [1.54, 1.807) is 6.07 Å². The fraction of sp³-hybridized carbons (Fsp3) is 0.200. The molecule has 0 bridgehead atoms. The van der Waals surface area contributed by atoms with Gasteiger partial charge in [0, 0.05) is 16.2 Å². The van der Waals surface area contributed by atoms with Crippen LogP contribution in [0, 0.1) is 0 Å². The summed E-state index contributed by atoms with van der Waals surface area (Å²) in [5.74, 6) is 0.123. The van der Waals surface area contributed by atoms with Crippen LogP contribution >= 0.6 is 11.3 Å². The summed E-state index contributed by atoms with van der Waals surface area (Å²) in [6.45, 7) is 2.57. The minimum Gasteiger partial charge on any atom is -0.506 e. The molecule has 0 atom stereocenters. The Balaban J connectivity index is 2.59. The van der Waals surface area contributed by atoms with Crippen molar-refractivity contribution in [3.05, 3.63) is 18.2 Å². The molecule has 0 spiro atoms. The van der Waals surface area contributed by atoms with E-state index in [1.165, 1.54) is 11.3 Å². The van der Waals surface area contributed by atoms with Gasteiger partial charge in [-0.3, -0.25) is 0 Å². The molecule has 4 heteroatoms. The topological polar surface area (TPSA) is 55.5 Å². The van der Waals surface area contributed by atoms with E-state index >= 15 is 0 Å². The van der Waals surface area contributed by atoms with E-state index in [4.69, 9.17) is 10.5 Å². The highest BCUT2D eigenvalue weighted by atomic mass is 32.1. The molecule has 2 rings (SSSR count). The molecule has 3 nitrogen and oxygen atoms in total. The number of fused-ring (bicyclic) bond motifs is 1. The molecule has 3 N–H and O–H groups in total. The number of nitrogen functional groups attached to an aromatic ring is 1. The highest BCUT2D eigenvalue weighted by molar-refractivity contribution is 7.20. The van der Waals surface area contributed by atoms with Crippen LogP contribution in [0.15, 0.2) is 18.2 Å². The van der Waals surface area contributed by atoms with Crippen molar-refractivity contribution in [3.63, 3.8) is 0 Å². The third kappa shape index (κ3) is 1.37. The second kappa shape index (κ2) is 3.38. The molecule has 0 aliphatic rings. The first kappa shape index (κ1) is 9.15. The molecule has 0 aliphatic heterocycles. The zero-order valence-electron chi connectivity index (χ0n) is 7.78. The van der Waals surface area contributed by atoms with Crippen LogP contribution < -0.4 is 10.5 Å². The number of nitrogens with two attached hydrogens (primary N) is 1. The fourth-order valence-corrected chi connectivity index (χ4v) is 2.30. The summed E-state index contributed by atoms with van der Waals surface area (Å²) in [6.07, 6.45) is 0. The van der Waals surface area contributed by atoms with Gasteiger partial charge in [-0.25, -0.2) is 0 Å². The first-order valence-electron chi connectivity index (χ1n) is 4.36. The lowest BCUT2D eigenvalue weighted by molar-refractivity contribution is 0.350. The quantitative estimate of drug-likeness (QED) is 0.590. The van der Waals surface area contributed by atoms with Gasteiger partial charge in [0.15, 0.2) is 5.06 Å². The first-order chi connectivity index (χ1) is 6.72. The minimum atomic E-state index is 0.123. The maximum absolute atomic E-state index is 9.40. The molecule has 14 heavy (non-hydrogen) atoms. The predicted molar refractivity (Wildman–Crippen MR) is 59.1 cm³/mol. The van der Waals surface area contributed by atoms with Crippen LogP contribution in [0.4, 0.5) is 5.69 Å². The number of thiophene rings is 1. The Kier molecular flexibility index (Phi) is 2.21. The lowest BCUT2D eigenvalue weighted by atomic mass is 10.2. The Hall–Kier alpha value is -1.42. The molecule has 0 amide bonds. The Morgan fingerprint density at radius 3 is 3.00 bits per heavy atom. The zero-order valence-corrected chi connectivity index (χ0v) is 8.60. The van der Waals surface area contributed by atoms with Crippen LogP contribution in [-0.2, 0) is 0 Å². The van der Waals surface area contributed by atoms with Gasteiger partial charge in [0.25, 0.3) is 0 Å². The summed E-state index contributed by atoms with van der Waals surface area (Å²) >= 11 is 1.53. The summed E-state index contributed by atoms with van der Waals surface area (Å²) in [7, 11) is 0. The highest BCUT2D eigenvalue weighted by Crippen LogP contribution is 2.38. The van der Waals surface area contributed by atoms with E-state index < -0.39 is 0 Å². The molecule has 0 saturated heterocycles. The Morgan fingerprint density at radius 1 is 1.50 bits per heavy atom. The summed E-state index contributed by atoms with van der Waals surface area (Å²) in [5, 5.41) is 11.1. The lowest BCUT2D eigenvalue weighted by Crippen LogP contribution is -1.87. The van der Waals surface area contributed by atoms with Gasteiger partial charge in [0.1, 0.15) is 5.75 Å². The van der Waals surface area contributed by atoms with Gasteiger partial charge >= 0.3 is 0 Å². The van der Waals surface area contributed by atoms with E-state index in [9.17, 15) is 5.11 Å². The SMILES string of the molecule is CCOc1cc2c(N)c(O)ccc2s1. The Labute approximate surface area is 85.7 Å². The summed E-state index contributed by atoms with van der Waals surface area (Å²) in [4.78, 5) is 0. The van der Waals surface area contributed by atoms with E-state index in [0.29, 0.717) is 12.3 Å². The molecule has 0 radical (unpaired) electrons. The van der Waals surface area contributed by atoms with Gasteiger partial charge < -0.3 is 15.6 Å². The normalized spacial score (nSPS) is 10.6. The largest absolute Gasteiger partial charge is 0.506 e. The summed E-state index contributed by atoms with van der Waals surface area (Å²) in [5.41, 5.74) is 6.15. The van der Waals surface area contributed by atoms with Crippen molar-refractivity contribution in [1.29, 1.82) is 0 Å². The molecule has 0 fully saturated rings. The van der Waals surface area contributed by atoms with Gasteiger partial charge in [0.05, 0.1) is 12.3 Å². The number of phenolic OH excluding ortho intramolecular Hbond substituents is 1. The van der Waals surface area contributed by atoms with Gasteiger partial charge in [-0.15, -0.1) is 0 Å². The van der Waals surface area contributed by atoms with Crippen LogP contribution in [0.25, 0.3) is 10.1 Å². The molecule has 0 saturated carbocycles. The third-order valence-electron chi connectivity index (χ3n) is 1.98. The van der Waals surface area contributed by atoms with Gasteiger partial charge in [0.2, 0.25) is 0 Å². The monoisotopic (exact) mass is 209 g/mol. The van der Waals surface area contributed by atoms with E-state index in [0.717, 1.165) is 15.1 Å². The van der Waals surface area contributed by atoms with Crippen molar-refractivity contribution in [3.8, 4) is 10.8 Å². The molecular weight excluding hydrogens is 198 g/mol. The second-order valence-corrected chi connectivity index (χ2v) is 3.95. The van der Waals surface area contributed by atoms with Crippen LogP contribution in [0.3, 0.4) is 0 Å². The maximum Gasteiger partial charge on any atom is 0.174 e. The van der Waals surface area contributed by atoms with Crippen LogP contribution in [0.2, 0.25) is 0 Å². The number of benzene rings is 1. The fourth-order valence-electron chi connectivity index (χ4n) is 1.31. The van der Waals surface area contributed by atoms with Crippen molar-refractivity contribution in [2.75, 3.05) is 12.3 Å². The van der Waals surface area contributed by atoms with Crippen molar-refractivity contribution < 1.29 is 9.84 Å². The second-order valence-electron chi connectivity index (χ2n) is 2.91. The molecule has 2 aromatic rings. The van der Waals surface area contributed by atoms with Crippen molar-refractivity contribution in [2.24, 2.45) is 0 Å². The van der Waals surface area contributed by atoms with E-state index in [1.807, 2.05) is 19.1 Å². The van der Waals surface area contributed by atoms with Gasteiger partial charge in [-0.1, -0.05) is 11.3 Å². The van der Waals surface area contributed by atoms with Crippen molar-refractivity contribution >= 4 is 27.1 Å². The Bertz CT molecular complexity index is 464. The Morgan fingerprint density at radius 2 is 2.29 bits per heavy atom. The van der Waals surface area contributed by atoms with Crippen molar-refractivity contribution in [2.45, 2.75) is 6.92 Å². The third-order valence-corrected chi connectivity index (χ3v) is 3.00. The molecule has 0 unspecified atom stereocenters. The molecule has 1 heterocycles. The zero-order chi connectivity index (χ0) is 10.1. The van der Waals surface area contributed by atoms with Gasteiger partial charge in [-0.05, 0) is 19.1 Å². The number of phenols is 1. The average molecular weight is 209 g/mol. The average Bonchev–Trinajstić information content (AvgIpc) is 2.56. The number of rotatable bonds is 2. The highest BCUT2D eigenvalue weighted by Gasteiger charge is 2.07. The van der Waals surface area contributed by atoms with E-state index in [-0.39, 0.29) is 5.75 Å². The molecule has 1 aromatic carbocycles. The standard InChI is InChI=1S/C10H11NO2S/c1-2-13-9-5-6-8(14-9)4-3-7(12)10(6)11/h3-5,12H,2,11H2,1H3. The summed E-state index contributed by atoms with van der Waals surface area (Å²) in [6, 6.07) is 5.30. The first-order valence-corrected chi connectivity index (χ1v) is 5.17. The number of aromatic hydroxyl groups is 1. The molecular formula is C10H11NO2S. The molecule has 1 aromatic heterocycles. The van der Waals surface area contributed by atoms with Crippen LogP contribution in [0.1, 0.15) is 6.92 Å². The van der Waals surface area contributed by atoms with E-state index in [2.05, 4.69) is 0 Å². The summed E-state index contributed by atoms with van der Waals surface area (Å²) < 4.78 is 6.40. The van der Waals surface area contributed by atoms with Crippen LogP contribution in [0.5, 0.6) is 10.8 Å². The van der Waals surface area contributed by atoms with Crippen molar-refractivity contribution in [1.82, 2.24) is 0 Å². The number of ether oxygens (including phenoxy) is 1. The predicted octanol–water partition coefficient (Wildman–Crippen LogP) is 2.59. The van der Waals surface area contributed by atoms with Crippen LogP contribution in [-0.4, -0.2) is 11.7 Å². The number of hydrogen-bond acceptors (Lipinski definition) is 4. The smallest absolute Gasteiger partial charge is 0.174 e. The minimum absolute atomic E-state index is 0.123. The number of anilines is 1. The maximum atomic E-state index is 9.40. The molecule has 0 aliphatic carbocycles. The lowest BCUT2D eigenvalue weighted by Gasteiger charge is -1.97. The molecule has 74 valence electrons. The number of hydrogen-bond donors (Lipinski definition) is 2. The van der Waals surface area contributed by atoms with Gasteiger partial charge in [-0.2, -0.15) is 0 Å².